The maximum absolute atomic E-state index is 13.9. The van der Waals surface area contributed by atoms with Crippen LogP contribution < -0.4 is 9.62 Å². The van der Waals surface area contributed by atoms with Crippen molar-refractivity contribution in [3.05, 3.63) is 92.4 Å². The fraction of sp³-hybridized carbons (Fsp3) is 0.286. The molecule has 0 fully saturated rings. The van der Waals surface area contributed by atoms with Crippen molar-refractivity contribution >= 4 is 62.3 Å². The van der Waals surface area contributed by atoms with E-state index in [9.17, 15) is 31.2 Å². The topological polar surface area (TPSA) is 86.8 Å². The zero-order valence-electron chi connectivity index (χ0n) is 22.7. The predicted octanol–water partition coefficient (Wildman–Crippen LogP) is 6.72. The minimum Gasteiger partial charge on any atom is -0.355 e. The summed E-state index contributed by atoms with van der Waals surface area (Å²) >= 11 is 18.1. The summed E-state index contributed by atoms with van der Waals surface area (Å²) in [5.41, 5.74) is -0.580. The minimum atomic E-state index is -4.90. The molecule has 3 aromatic carbocycles. The van der Waals surface area contributed by atoms with Gasteiger partial charge in [0.15, 0.2) is 0 Å². The molecule has 14 heteroatoms. The van der Waals surface area contributed by atoms with Crippen molar-refractivity contribution in [3.63, 3.8) is 0 Å². The highest BCUT2D eigenvalue weighted by atomic mass is 35.5. The number of hydrogen-bond donors (Lipinski definition) is 1. The van der Waals surface area contributed by atoms with Crippen LogP contribution in [0.2, 0.25) is 15.1 Å². The summed E-state index contributed by atoms with van der Waals surface area (Å²) < 4.78 is 69.4. The van der Waals surface area contributed by atoms with Crippen LogP contribution in [0.5, 0.6) is 0 Å². The van der Waals surface area contributed by atoms with Gasteiger partial charge in [-0.15, -0.1) is 0 Å². The Bertz CT molecular complexity index is 1570. The van der Waals surface area contributed by atoms with Gasteiger partial charge in [-0.2, -0.15) is 13.2 Å². The third-order valence-corrected chi connectivity index (χ3v) is 9.01. The van der Waals surface area contributed by atoms with Gasteiger partial charge in [0.25, 0.3) is 10.0 Å². The van der Waals surface area contributed by atoms with Gasteiger partial charge in [-0.3, -0.25) is 13.9 Å². The van der Waals surface area contributed by atoms with Gasteiger partial charge < -0.3 is 10.2 Å². The Balaban J connectivity index is 2.14. The van der Waals surface area contributed by atoms with Crippen LogP contribution in [0, 0.1) is 6.92 Å². The molecule has 3 rings (SSSR count). The fourth-order valence-corrected chi connectivity index (χ4v) is 6.09. The first kappa shape index (κ1) is 33.5. The number of amides is 2. The van der Waals surface area contributed by atoms with Crippen LogP contribution in [0.25, 0.3) is 0 Å². The number of rotatable bonds is 10. The lowest BCUT2D eigenvalue weighted by molar-refractivity contribution is -0.139. The number of alkyl halides is 3. The number of sulfonamides is 1. The van der Waals surface area contributed by atoms with Gasteiger partial charge in [-0.05, 0) is 68.8 Å². The van der Waals surface area contributed by atoms with Gasteiger partial charge in [0.05, 0.1) is 21.2 Å². The van der Waals surface area contributed by atoms with E-state index in [1.54, 1.807) is 19.9 Å². The monoisotopic (exact) mass is 663 g/mol. The maximum Gasteiger partial charge on any atom is 0.417 e. The molecule has 2 amide bonds. The molecule has 0 aliphatic carbocycles. The van der Waals surface area contributed by atoms with Crippen molar-refractivity contribution in [2.24, 2.45) is 0 Å². The number of carbonyl (C=O) groups excluding carboxylic acids is 2. The van der Waals surface area contributed by atoms with Gasteiger partial charge in [-0.1, -0.05) is 58.6 Å². The Kier molecular flexibility index (Phi) is 10.8. The number of carbonyl (C=O) groups is 2. The van der Waals surface area contributed by atoms with Crippen molar-refractivity contribution in [1.82, 2.24) is 10.2 Å². The highest BCUT2D eigenvalue weighted by Crippen LogP contribution is 2.38. The van der Waals surface area contributed by atoms with Crippen LogP contribution >= 0.6 is 34.8 Å². The first-order valence-electron chi connectivity index (χ1n) is 12.5. The van der Waals surface area contributed by atoms with E-state index in [0.717, 1.165) is 22.6 Å². The summed E-state index contributed by atoms with van der Waals surface area (Å²) in [4.78, 5) is 27.5. The van der Waals surface area contributed by atoms with E-state index in [4.69, 9.17) is 34.8 Å². The summed E-state index contributed by atoms with van der Waals surface area (Å²) in [5.74, 6) is -1.41. The number of nitrogens with zero attached hydrogens (tertiary/aromatic N) is 2. The third-order valence-electron chi connectivity index (χ3n) is 6.31. The number of likely N-dealkylation sites (N-methyl/N-ethyl adjacent to an activating group) is 1. The van der Waals surface area contributed by atoms with E-state index in [2.05, 4.69) is 5.32 Å². The van der Waals surface area contributed by atoms with Crippen molar-refractivity contribution in [1.29, 1.82) is 0 Å². The molecule has 7 nitrogen and oxygen atoms in total. The Morgan fingerprint density at radius 1 is 0.952 bits per heavy atom. The van der Waals surface area contributed by atoms with E-state index < -0.39 is 56.9 Å². The Morgan fingerprint density at radius 2 is 1.60 bits per heavy atom. The summed E-state index contributed by atoms with van der Waals surface area (Å²) in [6, 6.07) is 11.6. The fourth-order valence-electron chi connectivity index (χ4n) is 3.99. The lowest BCUT2D eigenvalue weighted by Gasteiger charge is -2.32. The zero-order chi connectivity index (χ0) is 31.4. The molecular weight excluding hydrogens is 638 g/mol. The second-order valence-corrected chi connectivity index (χ2v) is 12.4. The first-order valence-corrected chi connectivity index (χ1v) is 15.1. The molecule has 0 heterocycles. The molecule has 0 saturated heterocycles. The maximum atomic E-state index is 13.9. The Labute approximate surface area is 257 Å². The Morgan fingerprint density at radius 3 is 2.17 bits per heavy atom. The van der Waals surface area contributed by atoms with Gasteiger partial charge in [-0.25, -0.2) is 8.42 Å². The minimum absolute atomic E-state index is 0.194. The molecule has 0 radical (unpaired) electrons. The molecule has 1 atom stereocenters. The SMILES string of the molecule is CCNC(=O)C(C)N(Cc1ccc(Cl)cc1Cl)C(=O)CN(c1ccc(Cl)c(C(F)(F)F)c1)S(=O)(=O)c1ccc(C)cc1. The molecule has 226 valence electrons. The Hall–Kier alpha value is -2.99. The van der Waals surface area contributed by atoms with E-state index in [1.807, 2.05) is 0 Å². The summed E-state index contributed by atoms with van der Waals surface area (Å²) in [6.45, 7) is 3.95. The number of halogens is 6. The molecule has 0 aromatic heterocycles. The molecule has 3 aromatic rings. The van der Waals surface area contributed by atoms with Gasteiger partial charge in [0, 0.05) is 23.1 Å². The van der Waals surface area contributed by atoms with Crippen LogP contribution in [0.15, 0.2) is 65.6 Å². The van der Waals surface area contributed by atoms with Crippen molar-refractivity contribution in [3.8, 4) is 0 Å². The zero-order valence-corrected chi connectivity index (χ0v) is 25.8. The number of aryl methyl sites for hydroxylation is 1. The average molecular weight is 665 g/mol. The van der Waals surface area contributed by atoms with Crippen LogP contribution in [0.4, 0.5) is 18.9 Å². The second-order valence-electron chi connectivity index (χ2n) is 9.31. The van der Waals surface area contributed by atoms with Crippen LogP contribution in [0.1, 0.15) is 30.5 Å². The molecule has 42 heavy (non-hydrogen) atoms. The normalized spacial score (nSPS) is 12.5. The summed E-state index contributed by atoms with van der Waals surface area (Å²) in [6.07, 6.45) is -4.90. The van der Waals surface area contributed by atoms with Crippen LogP contribution in [0.3, 0.4) is 0 Å². The molecule has 0 aliphatic heterocycles. The largest absolute Gasteiger partial charge is 0.417 e. The first-order chi connectivity index (χ1) is 19.6. The van der Waals surface area contributed by atoms with Gasteiger partial charge in [0.2, 0.25) is 11.8 Å². The standard InChI is InChI=1S/C28H27Cl3F3N3O4S/c1-4-35-27(39)18(3)36(15-19-7-8-20(29)13-25(19)31)26(38)16-37(42(40,41)22-10-5-17(2)6-11-22)21-9-12-24(30)23(14-21)28(32,33)34/h5-14,18H,4,15-16H2,1-3H3,(H,35,39). The quantitative estimate of drug-likeness (QED) is 0.261. The van der Waals surface area contributed by atoms with Gasteiger partial charge >= 0.3 is 6.18 Å². The number of nitrogens with one attached hydrogen (secondary N) is 1. The highest BCUT2D eigenvalue weighted by Gasteiger charge is 2.37. The molecule has 0 spiro atoms. The van der Waals surface area contributed by atoms with Crippen molar-refractivity contribution in [2.45, 2.75) is 44.4 Å². The highest BCUT2D eigenvalue weighted by molar-refractivity contribution is 7.92. The molecule has 0 bridgehead atoms. The van der Waals surface area contributed by atoms with E-state index >= 15 is 0 Å². The predicted molar refractivity (Wildman–Crippen MR) is 157 cm³/mol. The molecule has 1 N–H and O–H groups in total. The van der Waals surface area contributed by atoms with E-state index in [-0.39, 0.29) is 23.0 Å². The van der Waals surface area contributed by atoms with E-state index in [0.29, 0.717) is 21.0 Å². The molecular formula is C28H27Cl3F3N3O4S. The lowest BCUT2D eigenvalue weighted by Crippen LogP contribution is -2.51. The number of benzene rings is 3. The van der Waals surface area contributed by atoms with Crippen molar-refractivity contribution < 1.29 is 31.2 Å². The van der Waals surface area contributed by atoms with Crippen LogP contribution in [-0.4, -0.2) is 44.3 Å². The third kappa shape index (κ3) is 7.89. The van der Waals surface area contributed by atoms with Crippen LogP contribution in [-0.2, 0) is 32.3 Å². The molecule has 1 unspecified atom stereocenters. The van der Waals surface area contributed by atoms with Crippen molar-refractivity contribution in [2.75, 3.05) is 17.4 Å². The van der Waals surface area contributed by atoms with Gasteiger partial charge in [0.1, 0.15) is 12.6 Å². The number of anilines is 1. The second kappa shape index (κ2) is 13.5. The smallest absolute Gasteiger partial charge is 0.355 e. The average Bonchev–Trinajstić information content (AvgIpc) is 2.91. The summed E-state index contributed by atoms with van der Waals surface area (Å²) in [7, 11) is -4.59. The molecule has 0 aliphatic rings. The van der Waals surface area contributed by atoms with E-state index in [1.165, 1.54) is 43.3 Å². The molecule has 0 saturated carbocycles. The summed E-state index contributed by atoms with van der Waals surface area (Å²) in [5, 5.41) is 2.49. The lowest BCUT2D eigenvalue weighted by atomic mass is 10.1. The number of hydrogen-bond acceptors (Lipinski definition) is 4.